The number of nitrogens with one attached hydrogen (secondary N) is 19. The Morgan fingerprint density at radius 3 is 1.13 bits per heavy atom. The molecule has 2 aliphatic rings. The summed E-state index contributed by atoms with van der Waals surface area (Å²) in [7, 11) is 0. The van der Waals surface area contributed by atoms with E-state index in [2.05, 4.69) is 101 Å². The maximum Gasteiger partial charge on any atom is 0.328 e. The number of benzene rings is 2. The van der Waals surface area contributed by atoms with Crippen LogP contribution in [0.15, 0.2) is 48.5 Å². The number of likely N-dealkylation sites (tertiary alicyclic amines) is 2. The normalized spacial score (nSPS) is 17.0. The molecule has 2 aliphatic heterocycles. The molecule has 0 spiro atoms. The zero-order chi connectivity index (χ0) is 110. The van der Waals surface area contributed by atoms with E-state index in [4.69, 9.17) is 17.2 Å². The number of nitrogens with zero attached hydrogens (tertiary/aromatic N) is 2. The molecular weight excluding hydrogens is 1930 g/mol. The van der Waals surface area contributed by atoms with Crippen molar-refractivity contribution in [3.05, 3.63) is 59.7 Å². The van der Waals surface area contributed by atoms with Gasteiger partial charge in [-0.05, 0) is 145 Å². The van der Waals surface area contributed by atoms with Gasteiger partial charge in [0.1, 0.15) is 108 Å². The van der Waals surface area contributed by atoms with Crippen LogP contribution in [-0.2, 0) is 109 Å². The Morgan fingerprint density at radius 1 is 0.349 bits per heavy atom. The second-order valence-electron chi connectivity index (χ2n) is 36.4. The van der Waals surface area contributed by atoms with Crippen LogP contribution in [0.1, 0.15) is 145 Å². The second-order valence-corrected chi connectivity index (χ2v) is 36.4. The number of hydrogen-bond donors (Lipinski definition) is 32. The molecule has 23 amide bonds. The first kappa shape index (κ1) is 124. The molecule has 146 heavy (non-hydrogen) atoms. The topological polar surface area (TPSA) is 891 Å². The number of urea groups is 2. The number of carboxylic acids is 1. The lowest BCUT2D eigenvalue weighted by Gasteiger charge is -2.30. The lowest BCUT2D eigenvalue weighted by atomic mass is 10.0. The van der Waals surface area contributed by atoms with Crippen LogP contribution in [0.3, 0.4) is 0 Å². The van der Waals surface area contributed by atoms with Crippen molar-refractivity contribution in [1.29, 1.82) is 0 Å². The first-order valence-electron chi connectivity index (χ1n) is 47.4. The summed E-state index contributed by atoms with van der Waals surface area (Å²) in [6, 6.07) is -20.6. The molecule has 56 heteroatoms. The summed E-state index contributed by atoms with van der Waals surface area (Å²) in [4.78, 5) is 299. The van der Waals surface area contributed by atoms with Gasteiger partial charge in [0.25, 0.3) is 0 Å². The van der Waals surface area contributed by atoms with Crippen LogP contribution in [0.25, 0.3) is 0 Å². The minimum Gasteiger partial charge on any atom is -0.508 e. The lowest BCUT2D eigenvalue weighted by Crippen LogP contribution is -2.63. The lowest BCUT2D eigenvalue weighted by molar-refractivity contribution is -0.145. The van der Waals surface area contributed by atoms with Gasteiger partial charge in [-0.1, -0.05) is 65.8 Å². The van der Waals surface area contributed by atoms with E-state index in [1.807, 2.05) is 13.8 Å². The Hall–Kier alpha value is -14.3. The molecule has 814 valence electrons. The second kappa shape index (κ2) is 61.7. The van der Waals surface area contributed by atoms with Crippen LogP contribution in [0, 0.1) is 17.8 Å². The predicted molar refractivity (Wildman–Crippen MR) is 511 cm³/mol. The molecule has 2 fully saturated rings. The number of aliphatic hydroxyl groups is 7. The third-order valence-electron chi connectivity index (χ3n) is 23.1. The fourth-order valence-corrected chi connectivity index (χ4v) is 15.1. The average Bonchev–Trinajstić information content (AvgIpc) is 1.67. The maximum atomic E-state index is 14.5. The number of aliphatic hydroxyl groups excluding tert-OH is 7. The Bertz CT molecular complexity index is 4820. The van der Waals surface area contributed by atoms with Gasteiger partial charge in [0.15, 0.2) is 6.04 Å². The van der Waals surface area contributed by atoms with Crippen molar-refractivity contribution >= 4 is 130 Å². The Kier molecular flexibility index (Phi) is 52.4. The quantitative estimate of drug-likeness (QED) is 0.0274. The Balaban J connectivity index is 1.42. The molecule has 2 aromatic carbocycles. The van der Waals surface area contributed by atoms with Crippen molar-refractivity contribution in [2.24, 2.45) is 35.0 Å². The summed E-state index contributed by atoms with van der Waals surface area (Å²) in [6.07, 6.45) is -4.04. The molecule has 0 radical (unpaired) electrons. The van der Waals surface area contributed by atoms with Gasteiger partial charge in [-0.2, -0.15) is 0 Å². The third kappa shape index (κ3) is 41.4. The van der Waals surface area contributed by atoms with Gasteiger partial charge in [-0.25, -0.2) is 14.4 Å². The van der Waals surface area contributed by atoms with Crippen LogP contribution >= 0.6 is 0 Å². The predicted octanol–water partition coefficient (Wildman–Crippen LogP) is -12.8. The summed E-state index contributed by atoms with van der Waals surface area (Å²) >= 11 is 0. The largest absolute Gasteiger partial charge is 0.508 e. The van der Waals surface area contributed by atoms with Gasteiger partial charge in [-0.15, -0.1) is 0 Å². The van der Waals surface area contributed by atoms with E-state index in [1.54, 1.807) is 13.8 Å². The van der Waals surface area contributed by atoms with E-state index in [-0.39, 0.29) is 113 Å². The van der Waals surface area contributed by atoms with Crippen molar-refractivity contribution in [3.8, 4) is 11.5 Å². The van der Waals surface area contributed by atoms with E-state index >= 15 is 0 Å². The molecule has 20 atom stereocenters. The standard InChI is InChI=1S/C90H142N24O32/c1-42(2)31-53(91)73(128)101-55(16-12-28-95-90(93)146)86(141)114-30-14-18-65(114)83(138)107-62(40-118)81(136)111-69(47(9)120)85(140)108-61(39-117)78(133)100-54(15-11-27-94-89(92)145)74(129)106-60(38-116)79(134)102-56(32-43(3)4)77(132)103-57(33-49-19-23-51(122)24-20-49)75(130)98-45(7)71(126)105-59(37-115)80(135)109-63(41-119)87(142)113-29-13-17-64(113)82(137)97-35-66(124)96-36-67(125)110-68(44(5)6)84(139)104-58(34-50-21-25-52(123)26-22-50)76(131)99-46(8)72(127)112-70(48(10)121)88(143)144/h19-26,42-48,53-65,68-70,115-123H,11-18,27-41,91H2,1-10H3,(H,96,124)(H,97,137)(H,98,130)(H,99,131)(H,100,133)(H,101,128)(H,102,134)(H,103,132)(H,104,139)(H,105,126)(H,106,129)(H,107,138)(H,108,140)(H,109,135)(H,110,125)(H,111,136)(H,112,127)(H,143,144)(H3,92,94,145)(H3,93,95,146)/t45-,46-,47+,48+,53-,54-,55-,56-,57-,58-,59-,60-,61-,62-,63-,64-,65-,68-,69-,70-/m0/s1. The Labute approximate surface area is 839 Å². The number of hydrogen-bond acceptors (Lipinski definition) is 32. The van der Waals surface area contributed by atoms with Gasteiger partial charge in [0.05, 0.1) is 64.4 Å². The van der Waals surface area contributed by atoms with Crippen LogP contribution in [0.4, 0.5) is 9.59 Å². The highest BCUT2D eigenvalue weighted by atomic mass is 16.4. The molecule has 2 aromatic rings. The van der Waals surface area contributed by atoms with Crippen LogP contribution in [0.5, 0.6) is 11.5 Å². The molecule has 2 saturated heterocycles. The summed E-state index contributed by atoms with van der Waals surface area (Å²) in [5.41, 5.74) is 17.2. The van der Waals surface area contributed by atoms with E-state index in [9.17, 15) is 157 Å². The number of rotatable bonds is 61. The molecule has 0 aliphatic carbocycles. The minimum absolute atomic E-state index is 0.00414. The number of aliphatic carboxylic acids is 1. The highest BCUT2D eigenvalue weighted by Gasteiger charge is 2.44. The number of phenols is 2. The van der Waals surface area contributed by atoms with Gasteiger partial charge in [0.2, 0.25) is 112 Å². The smallest absolute Gasteiger partial charge is 0.328 e. The highest BCUT2D eigenvalue weighted by molar-refractivity contribution is 6.02. The number of carboxylic acid groups (broad SMARTS) is 1. The molecule has 35 N–H and O–H groups in total. The van der Waals surface area contributed by atoms with Gasteiger partial charge >= 0.3 is 18.0 Å². The number of amides is 23. The molecule has 0 unspecified atom stereocenters. The molecule has 0 bridgehead atoms. The third-order valence-corrected chi connectivity index (χ3v) is 23.1. The number of primary amides is 2. The first-order valence-corrected chi connectivity index (χ1v) is 47.4. The SMILES string of the molecule is CC(C)C[C@H](NC(=O)[C@H](CO)NC(=O)[C@H](CCCNC(N)=O)NC(=O)[C@H](CO)NC(=O)[C@@H](NC(=O)[C@H](CO)NC(=O)[C@@H]1CCCN1C(=O)[C@H](CCCNC(N)=O)NC(=O)[C@@H](N)CC(C)C)[C@@H](C)O)C(=O)N[C@@H](Cc1ccc(O)cc1)C(=O)N[C@@H](C)C(=O)N[C@@H](CO)C(=O)N[C@@H](CO)C(=O)N1CCC[C@H]1C(=O)NCC(=O)NCC(=O)N[C@H](C(=O)N[C@@H](Cc1ccc(O)cc1)C(=O)N[C@@H](C)C(=O)N[C@H](C(=O)O)[C@@H](C)O)C(C)C. The molecule has 56 nitrogen and oxygen atoms in total. The molecular formula is C90H142N24O32. The summed E-state index contributed by atoms with van der Waals surface area (Å²) in [5, 5.41) is 147. The fourth-order valence-electron chi connectivity index (χ4n) is 15.1. The van der Waals surface area contributed by atoms with Crippen LogP contribution in [-0.4, -0.2) is 384 Å². The van der Waals surface area contributed by atoms with Crippen molar-refractivity contribution in [2.45, 2.75) is 267 Å². The zero-order valence-corrected chi connectivity index (χ0v) is 82.7. The van der Waals surface area contributed by atoms with Crippen molar-refractivity contribution in [2.75, 3.05) is 72.3 Å². The average molecular weight is 2070 g/mol. The number of carbonyl (C=O) groups excluding carboxylic acids is 21. The maximum absolute atomic E-state index is 14.5. The number of carbonyl (C=O) groups is 22. The summed E-state index contributed by atoms with van der Waals surface area (Å²) in [6.45, 7) is 6.58. The van der Waals surface area contributed by atoms with E-state index < -0.39 is 322 Å². The van der Waals surface area contributed by atoms with Crippen molar-refractivity contribution < 1.29 is 157 Å². The molecule has 0 saturated carbocycles. The number of nitrogens with two attached hydrogens (primary N) is 3. The zero-order valence-electron chi connectivity index (χ0n) is 82.7. The number of phenolic OH excluding ortho intramolecular Hbond substituents is 2. The number of aromatic hydroxyl groups is 2. The van der Waals surface area contributed by atoms with Crippen LogP contribution in [0.2, 0.25) is 0 Å². The van der Waals surface area contributed by atoms with E-state index in [0.717, 1.165) is 30.6 Å². The van der Waals surface area contributed by atoms with Crippen molar-refractivity contribution in [3.63, 3.8) is 0 Å². The van der Waals surface area contributed by atoms with Gasteiger partial charge in [0, 0.05) is 39.0 Å². The minimum atomic E-state index is -2.05. The van der Waals surface area contributed by atoms with Crippen LogP contribution < -0.4 is 118 Å². The Morgan fingerprint density at radius 2 is 0.692 bits per heavy atom. The summed E-state index contributed by atoms with van der Waals surface area (Å²) < 4.78 is 0. The van der Waals surface area contributed by atoms with Crippen molar-refractivity contribution in [1.82, 2.24) is 111 Å². The van der Waals surface area contributed by atoms with Gasteiger partial charge in [-0.3, -0.25) is 91.1 Å². The highest BCUT2D eigenvalue weighted by Crippen LogP contribution is 2.23. The molecule has 0 aromatic heterocycles. The fraction of sp³-hybridized carbons (Fsp3) is 0.622. The van der Waals surface area contributed by atoms with E-state index in [0.29, 0.717) is 5.56 Å². The first-order chi connectivity index (χ1) is 68.7. The molecule has 4 rings (SSSR count). The monoisotopic (exact) mass is 2070 g/mol. The van der Waals surface area contributed by atoms with Gasteiger partial charge < -0.3 is 179 Å². The van der Waals surface area contributed by atoms with E-state index in [1.165, 1.54) is 69.3 Å². The summed E-state index contributed by atoms with van der Waals surface area (Å²) in [5.74, 6) is -23.3. The molecule has 2 heterocycles.